The Labute approximate surface area is 69.0 Å². The molecule has 1 rings (SSSR count). The number of hydrogen-bond donors (Lipinski definition) is 0. The van der Waals surface area contributed by atoms with Crippen LogP contribution in [0, 0.1) is 5.82 Å². The predicted molar refractivity (Wildman–Crippen MR) is 40.3 cm³/mol. The van der Waals surface area contributed by atoms with Crippen molar-refractivity contribution in [3.8, 4) is 5.88 Å². The third kappa shape index (κ3) is 1.80. The summed E-state index contributed by atoms with van der Waals surface area (Å²) < 4.78 is 17.3. The maximum atomic E-state index is 12.7. The number of alkyl halides is 1. The van der Waals surface area contributed by atoms with Crippen molar-refractivity contribution < 1.29 is 9.13 Å². The average molecular weight is 176 g/mol. The summed E-state index contributed by atoms with van der Waals surface area (Å²) >= 11 is 5.47. The molecule has 0 amide bonds. The summed E-state index contributed by atoms with van der Waals surface area (Å²) in [5.74, 6) is -0.221. The smallest absolute Gasteiger partial charge is 0.250 e. The molecule has 0 aliphatic rings. The van der Waals surface area contributed by atoms with Crippen LogP contribution in [0.2, 0.25) is 0 Å². The van der Waals surface area contributed by atoms with E-state index in [0.717, 1.165) is 0 Å². The number of rotatable bonds is 2. The molecule has 0 saturated heterocycles. The summed E-state index contributed by atoms with van der Waals surface area (Å²) in [5.41, 5.74) is 0.602. The Morgan fingerprint density at radius 3 is 2.91 bits per heavy atom. The third-order valence-electron chi connectivity index (χ3n) is 1.20. The van der Waals surface area contributed by atoms with Gasteiger partial charge in [0.05, 0.1) is 18.7 Å². The molecule has 0 bridgehead atoms. The minimum absolute atomic E-state index is 0.0110. The van der Waals surface area contributed by atoms with Crippen LogP contribution in [-0.2, 0) is 5.88 Å². The van der Waals surface area contributed by atoms with E-state index in [1.54, 1.807) is 0 Å². The maximum Gasteiger partial charge on any atom is 0.250 e. The van der Waals surface area contributed by atoms with Gasteiger partial charge in [-0.25, -0.2) is 9.37 Å². The molecule has 0 fully saturated rings. The van der Waals surface area contributed by atoms with Gasteiger partial charge in [-0.05, 0) is 12.1 Å². The van der Waals surface area contributed by atoms with Gasteiger partial charge in [-0.1, -0.05) is 0 Å². The third-order valence-corrected chi connectivity index (χ3v) is 1.48. The van der Waals surface area contributed by atoms with Crippen molar-refractivity contribution in [2.45, 2.75) is 5.88 Å². The maximum absolute atomic E-state index is 12.7. The van der Waals surface area contributed by atoms with E-state index in [1.807, 2.05) is 0 Å². The molecule has 0 unspecified atom stereocenters. The molecule has 4 heteroatoms. The fraction of sp³-hybridized carbons (Fsp3) is 0.286. The molecule has 2 nitrogen and oxygen atoms in total. The topological polar surface area (TPSA) is 22.1 Å². The van der Waals surface area contributed by atoms with Gasteiger partial charge in [0.1, 0.15) is 0 Å². The van der Waals surface area contributed by atoms with Crippen LogP contribution in [-0.4, -0.2) is 12.1 Å². The van der Waals surface area contributed by atoms with Crippen LogP contribution in [0.25, 0.3) is 0 Å². The van der Waals surface area contributed by atoms with Crippen LogP contribution in [0.15, 0.2) is 12.1 Å². The normalized spacial score (nSPS) is 9.73. The fourth-order valence-corrected chi connectivity index (χ4v) is 0.828. The minimum Gasteiger partial charge on any atom is -0.479 e. The van der Waals surface area contributed by atoms with E-state index >= 15 is 0 Å². The molecular formula is C7H7ClFNO. The number of hydrogen-bond acceptors (Lipinski definition) is 2. The number of aromatic nitrogens is 1. The second-order valence-corrected chi connectivity index (χ2v) is 2.19. The molecular weight excluding hydrogens is 169 g/mol. The van der Waals surface area contributed by atoms with Gasteiger partial charge in [0.25, 0.3) is 0 Å². The Hall–Kier alpha value is -0.830. The Kier molecular flexibility index (Phi) is 2.65. The molecule has 1 aromatic heterocycles. The van der Waals surface area contributed by atoms with E-state index in [1.165, 1.54) is 19.2 Å². The van der Waals surface area contributed by atoms with E-state index in [9.17, 15) is 4.39 Å². The standard InChI is InChI=1S/C7H7ClFNO/c1-11-7-6(9)3-2-5(4-8)10-7/h2-3H,4H2,1H3. The lowest BCUT2D eigenvalue weighted by atomic mass is 10.4. The van der Waals surface area contributed by atoms with Crippen molar-refractivity contribution in [2.24, 2.45) is 0 Å². The van der Waals surface area contributed by atoms with Gasteiger partial charge in [0, 0.05) is 0 Å². The van der Waals surface area contributed by atoms with Gasteiger partial charge < -0.3 is 4.74 Å². The highest BCUT2D eigenvalue weighted by Gasteiger charge is 2.03. The first-order valence-electron chi connectivity index (χ1n) is 3.03. The number of ether oxygens (including phenoxy) is 1. The van der Waals surface area contributed by atoms with Crippen LogP contribution >= 0.6 is 11.6 Å². The van der Waals surface area contributed by atoms with Crippen molar-refractivity contribution in [3.63, 3.8) is 0 Å². The quantitative estimate of drug-likeness (QED) is 0.642. The molecule has 1 heterocycles. The molecule has 11 heavy (non-hydrogen) atoms. The molecule has 0 N–H and O–H groups in total. The van der Waals surface area contributed by atoms with Gasteiger partial charge in [-0.2, -0.15) is 0 Å². The first kappa shape index (κ1) is 8.27. The van der Waals surface area contributed by atoms with Crippen LogP contribution in [0.4, 0.5) is 4.39 Å². The zero-order chi connectivity index (χ0) is 8.27. The SMILES string of the molecule is COc1nc(CCl)ccc1F. The van der Waals surface area contributed by atoms with Crippen LogP contribution < -0.4 is 4.74 Å². The Morgan fingerprint density at radius 2 is 2.36 bits per heavy atom. The summed E-state index contributed by atoms with van der Waals surface area (Å²) in [5, 5.41) is 0. The Morgan fingerprint density at radius 1 is 1.64 bits per heavy atom. The zero-order valence-corrected chi connectivity index (χ0v) is 6.73. The first-order valence-corrected chi connectivity index (χ1v) is 3.56. The first-order chi connectivity index (χ1) is 5.27. The predicted octanol–water partition coefficient (Wildman–Crippen LogP) is 1.97. The van der Waals surface area contributed by atoms with Gasteiger partial charge in [-0.3, -0.25) is 0 Å². The molecule has 0 aliphatic carbocycles. The molecule has 0 radical (unpaired) electrons. The monoisotopic (exact) mass is 175 g/mol. The van der Waals surface area contributed by atoms with Gasteiger partial charge in [-0.15, -0.1) is 11.6 Å². The lowest BCUT2D eigenvalue weighted by Gasteiger charge is -2.00. The van der Waals surface area contributed by atoms with Crippen molar-refractivity contribution >= 4 is 11.6 Å². The molecule has 0 atom stereocenters. The number of pyridine rings is 1. The number of nitrogens with zero attached hydrogens (tertiary/aromatic N) is 1. The molecule has 1 aromatic rings. The summed E-state index contributed by atoms with van der Waals surface area (Å²) in [6.45, 7) is 0. The summed E-state index contributed by atoms with van der Waals surface area (Å²) in [6, 6.07) is 2.80. The van der Waals surface area contributed by atoms with Crippen molar-refractivity contribution in [1.29, 1.82) is 0 Å². The lowest BCUT2D eigenvalue weighted by molar-refractivity contribution is 0.368. The molecule has 60 valence electrons. The van der Waals surface area contributed by atoms with Gasteiger partial charge in [0.2, 0.25) is 5.88 Å². The minimum atomic E-state index is -0.471. The average Bonchev–Trinajstić information content (AvgIpc) is 2.05. The molecule has 0 aliphatic heterocycles. The second kappa shape index (κ2) is 3.53. The largest absolute Gasteiger partial charge is 0.479 e. The highest BCUT2D eigenvalue weighted by Crippen LogP contribution is 2.13. The number of methoxy groups -OCH3 is 1. The van der Waals surface area contributed by atoms with Crippen LogP contribution in [0.5, 0.6) is 5.88 Å². The van der Waals surface area contributed by atoms with Crippen LogP contribution in [0.3, 0.4) is 0 Å². The van der Waals surface area contributed by atoms with Crippen molar-refractivity contribution in [1.82, 2.24) is 4.98 Å². The number of halogens is 2. The fourth-order valence-electron chi connectivity index (χ4n) is 0.679. The Bertz CT molecular complexity index is 254. The van der Waals surface area contributed by atoms with E-state index in [-0.39, 0.29) is 11.8 Å². The summed E-state index contributed by atoms with van der Waals surface area (Å²) in [7, 11) is 1.36. The molecule has 0 spiro atoms. The molecule has 0 aromatic carbocycles. The second-order valence-electron chi connectivity index (χ2n) is 1.93. The zero-order valence-electron chi connectivity index (χ0n) is 5.97. The van der Waals surface area contributed by atoms with E-state index < -0.39 is 5.82 Å². The van der Waals surface area contributed by atoms with E-state index in [2.05, 4.69) is 9.72 Å². The highest BCUT2D eigenvalue weighted by atomic mass is 35.5. The van der Waals surface area contributed by atoms with Gasteiger partial charge >= 0.3 is 0 Å². The van der Waals surface area contributed by atoms with E-state index in [0.29, 0.717) is 5.69 Å². The summed E-state index contributed by atoms with van der Waals surface area (Å²) in [6.07, 6.45) is 0. The van der Waals surface area contributed by atoms with Crippen LogP contribution in [0.1, 0.15) is 5.69 Å². The van der Waals surface area contributed by atoms with Crippen molar-refractivity contribution in [2.75, 3.05) is 7.11 Å². The highest BCUT2D eigenvalue weighted by molar-refractivity contribution is 6.16. The summed E-state index contributed by atoms with van der Waals surface area (Å²) in [4.78, 5) is 3.78. The van der Waals surface area contributed by atoms with E-state index in [4.69, 9.17) is 11.6 Å². The Balaban J connectivity index is 3.02. The van der Waals surface area contributed by atoms with Gasteiger partial charge in [0.15, 0.2) is 5.82 Å². The lowest BCUT2D eigenvalue weighted by Crippen LogP contribution is -1.94. The molecule has 0 saturated carbocycles. The van der Waals surface area contributed by atoms with Crippen molar-refractivity contribution in [3.05, 3.63) is 23.6 Å².